The van der Waals surface area contributed by atoms with E-state index in [1.165, 1.54) is 10.5 Å². The van der Waals surface area contributed by atoms with Crippen LogP contribution in [0.1, 0.15) is 45.7 Å². The van der Waals surface area contributed by atoms with Gasteiger partial charge in [0.25, 0.3) is 5.91 Å². The maximum absolute atomic E-state index is 13.3. The topological polar surface area (TPSA) is 59.5 Å². The van der Waals surface area contributed by atoms with Gasteiger partial charge < -0.3 is 14.7 Å². The average molecular weight is 396 g/mol. The Kier molecular flexibility index (Phi) is 4.84. The smallest absolute Gasteiger partial charge is 0.308 e. The first-order chi connectivity index (χ1) is 13.8. The Labute approximate surface area is 172 Å². The molecule has 0 bridgehead atoms. The highest BCUT2D eigenvalue weighted by Crippen LogP contribution is 2.38. The van der Waals surface area contributed by atoms with E-state index in [0.29, 0.717) is 12.5 Å². The van der Waals surface area contributed by atoms with E-state index >= 15 is 0 Å². The second-order valence-corrected chi connectivity index (χ2v) is 8.49. The van der Waals surface area contributed by atoms with Crippen LogP contribution in [0.2, 0.25) is 0 Å². The van der Waals surface area contributed by atoms with Crippen molar-refractivity contribution in [3.63, 3.8) is 0 Å². The van der Waals surface area contributed by atoms with Crippen molar-refractivity contribution >= 4 is 17.9 Å². The molecule has 7 heteroatoms. The molecule has 1 fully saturated rings. The number of aliphatic imine (C=N–C) groups is 1. The molecule has 0 aromatic heterocycles. The highest BCUT2D eigenvalue weighted by Gasteiger charge is 2.54. The highest BCUT2D eigenvalue weighted by molar-refractivity contribution is 6.04. The van der Waals surface area contributed by atoms with Crippen molar-refractivity contribution in [2.45, 2.75) is 52.4 Å². The Morgan fingerprint density at radius 3 is 2.45 bits per heavy atom. The second kappa shape index (κ2) is 7.21. The molecule has 0 saturated carbocycles. The number of imide groups is 1. The summed E-state index contributed by atoms with van der Waals surface area (Å²) >= 11 is 0. The van der Waals surface area contributed by atoms with Crippen LogP contribution in [0.5, 0.6) is 0 Å². The molecule has 3 unspecified atom stereocenters. The van der Waals surface area contributed by atoms with Gasteiger partial charge in [-0.25, -0.2) is 9.79 Å². The number of hydrogen-bond acceptors (Lipinski definition) is 5. The van der Waals surface area contributed by atoms with Gasteiger partial charge in [0.1, 0.15) is 0 Å². The quantitative estimate of drug-likeness (QED) is 0.768. The van der Waals surface area contributed by atoms with Crippen molar-refractivity contribution in [3.05, 3.63) is 47.8 Å². The first-order valence-electron chi connectivity index (χ1n) is 10.3. The second-order valence-electron chi connectivity index (χ2n) is 8.49. The molecule has 3 amide bonds. The van der Waals surface area contributed by atoms with Crippen LogP contribution in [0.4, 0.5) is 4.79 Å². The molecule has 3 aliphatic rings. The number of hydrogen-bond donors (Lipinski definition) is 0. The van der Waals surface area contributed by atoms with Gasteiger partial charge in [-0.3, -0.25) is 9.69 Å². The fourth-order valence-corrected chi connectivity index (χ4v) is 4.32. The Balaban J connectivity index is 1.63. The molecule has 7 nitrogen and oxygen atoms in total. The molecule has 3 heterocycles. The van der Waals surface area contributed by atoms with Gasteiger partial charge in [-0.1, -0.05) is 44.2 Å². The van der Waals surface area contributed by atoms with Crippen LogP contribution in [0.3, 0.4) is 0 Å². The molecule has 154 valence electrons. The lowest BCUT2D eigenvalue weighted by molar-refractivity contribution is -0.136. The van der Waals surface area contributed by atoms with E-state index in [0.717, 1.165) is 18.1 Å². The highest BCUT2D eigenvalue weighted by atomic mass is 16.2. The summed E-state index contributed by atoms with van der Waals surface area (Å²) in [6.45, 7) is 8.80. The molecule has 0 N–H and O–H groups in total. The summed E-state index contributed by atoms with van der Waals surface area (Å²) in [5.74, 6) is 1.01. The number of urea groups is 1. The first-order valence-corrected chi connectivity index (χ1v) is 10.3. The van der Waals surface area contributed by atoms with Crippen molar-refractivity contribution in [1.82, 2.24) is 19.6 Å². The maximum atomic E-state index is 13.3. The molecule has 29 heavy (non-hydrogen) atoms. The van der Waals surface area contributed by atoms with E-state index in [-0.39, 0.29) is 18.0 Å². The van der Waals surface area contributed by atoms with Gasteiger partial charge in [-0.2, -0.15) is 0 Å². The molecule has 3 aliphatic heterocycles. The van der Waals surface area contributed by atoms with Gasteiger partial charge in [-0.05, 0) is 31.7 Å². The minimum Gasteiger partial charge on any atom is -0.308 e. The minimum absolute atomic E-state index is 0.0736. The third kappa shape index (κ3) is 3.09. The SMILES string of the molecule is CC1=CN2C(=NC3C2C(=O)N(CCC(C)C)C(=O)N3C)N1C(C)c1ccccc1. The first kappa shape index (κ1) is 19.5. The number of likely N-dealkylation sites (N-methyl/N-ethyl adjacent to an activating group) is 1. The van der Waals surface area contributed by atoms with Gasteiger partial charge in [0, 0.05) is 25.5 Å². The fourth-order valence-electron chi connectivity index (χ4n) is 4.32. The molecular formula is C22H29N5O2. The lowest BCUT2D eigenvalue weighted by Crippen LogP contribution is -2.64. The van der Waals surface area contributed by atoms with Crippen LogP contribution in [-0.4, -0.2) is 63.3 Å². The lowest BCUT2D eigenvalue weighted by atomic mass is 10.1. The normalized spacial score (nSPS) is 24.8. The molecule has 3 atom stereocenters. The summed E-state index contributed by atoms with van der Waals surface area (Å²) in [5, 5.41) is 0. The number of amides is 3. The zero-order valence-electron chi connectivity index (χ0n) is 17.7. The Bertz CT molecular complexity index is 878. The van der Waals surface area contributed by atoms with Gasteiger partial charge in [0.05, 0.1) is 6.04 Å². The molecule has 0 aliphatic carbocycles. The van der Waals surface area contributed by atoms with Crippen LogP contribution < -0.4 is 0 Å². The fraction of sp³-hybridized carbons (Fsp3) is 0.500. The largest absolute Gasteiger partial charge is 0.328 e. The number of carbonyl (C=O) groups is 2. The summed E-state index contributed by atoms with van der Waals surface area (Å²) < 4.78 is 0. The molecular weight excluding hydrogens is 366 g/mol. The van der Waals surface area contributed by atoms with E-state index in [2.05, 4.69) is 37.8 Å². The lowest BCUT2D eigenvalue weighted by Gasteiger charge is -2.40. The predicted octanol–water partition coefficient (Wildman–Crippen LogP) is 3.23. The number of allylic oxidation sites excluding steroid dienone is 1. The van der Waals surface area contributed by atoms with Crippen LogP contribution in [0, 0.1) is 5.92 Å². The van der Waals surface area contributed by atoms with Crippen LogP contribution in [0.25, 0.3) is 0 Å². The standard InChI is InChI=1S/C22H29N5O2/c1-14(2)11-12-25-20(28)18-19(24(5)22(25)29)23-21-26(18)13-15(3)27(21)16(4)17-9-7-6-8-10-17/h6-10,13-14,16,18-19H,11-12H2,1-5H3. The summed E-state index contributed by atoms with van der Waals surface area (Å²) in [6, 6.07) is 9.56. The number of fused-ring (bicyclic) bond motifs is 3. The monoisotopic (exact) mass is 395 g/mol. The van der Waals surface area contributed by atoms with Crippen molar-refractivity contribution in [2.24, 2.45) is 10.9 Å². The van der Waals surface area contributed by atoms with Crippen molar-refractivity contribution < 1.29 is 9.59 Å². The Hall–Kier alpha value is -2.83. The Morgan fingerprint density at radius 1 is 1.10 bits per heavy atom. The molecule has 1 aromatic carbocycles. The van der Waals surface area contributed by atoms with E-state index < -0.39 is 12.2 Å². The van der Waals surface area contributed by atoms with Gasteiger partial charge in [0.2, 0.25) is 5.96 Å². The van der Waals surface area contributed by atoms with Gasteiger partial charge in [-0.15, -0.1) is 0 Å². The minimum atomic E-state index is -0.497. The summed E-state index contributed by atoms with van der Waals surface area (Å²) in [5.41, 5.74) is 2.22. The van der Waals surface area contributed by atoms with Crippen molar-refractivity contribution in [3.8, 4) is 0 Å². The van der Waals surface area contributed by atoms with Gasteiger partial charge >= 0.3 is 6.03 Å². The van der Waals surface area contributed by atoms with E-state index in [1.54, 1.807) is 11.9 Å². The average Bonchev–Trinajstić information content (AvgIpc) is 3.20. The number of nitrogens with zero attached hydrogens (tertiary/aromatic N) is 5. The van der Waals surface area contributed by atoms with Crippen LogP contribution in [-0.2, 0) is 4.79 Å². The van der Waals surface area contributed by atoms with Crippen LogP contribution in [0.15, 0.2) is 47.2 Å². The number of benzene rings is 1. The van der Waals surface area contributed by atoms with Crippen molar-refractivity contribution in [1.29, 1.82) is 0 Å². The van der Waals surface area contributed by atoms with E-state index in [1.807, 2.05) is 36.2 Å². The number of guanidine groups is 1. The zero-order valence-corrected chi connectivity index (χ0v) is 17.7. The third-order valence-corrected chi connectivity index (χ3v) is 6.03. The molecule has 1 saturated heterocycles. The summed E-state index contributed by atoms with van der Waals surface area (Å²) in [7, 11) is 1.74. The molecule has 4 rings (SSSR count). The Morgan fingerprint density at radius 2 is 1.79 bits per heavy atom. The third-order valence-electron chi connectivity index (χ3n) is 6.03. The van der Waals surface area contributed by atoms with E-state index in [4.69, 9.17) is 4.99 Å². The molecule has 0 radical (unpaired) electrons. The van der Waals surface area contributed by atoms with E-state index in [9.17, 15) is 9.59 Å². The number of carbonyl (C=O) groups excluding carboxylic acids is 2. The number of rotatable bonds is 5. The summed E-state index contributed by atoms with van der Waals surface area (Å²) in [6.07, 6.45) is 2.29. The maximum Gasteiger partial charge on any atom is 0.328 e. The molecule has 1 aromatic rings. The van der Waals surface area contributed by atoms with Crippen LogP contribution >= 0.6 is 0 Å². The zero-order chi connectivity index (χ0) is 20.9. The predicted molar refractivity (Wildman–Crippen MR) is 112 cm³/mol. The van der Waals surface area contributed by atoms with Gasteiger partial charge in [0.15, 0.2) is 12.2 Å². The van der Waals surface area contributed by atoms with Crippen molar-refractivity contribution in [2.75, 3.05) is 13.6 Å². The molecule has 0 spiro atoms. The summed E-state index contributed by atoms with van der Waals surface area (Å²) in [4.78, 5) is 38.0.